The second kappa shape index (κ2) is 8.66. The Morgan fingerprint density at radius 3 is 1.88 bits per heavy atom. The molecular formula is C16H15F5O2S2. The fourth-order valence-corrected chi connectivity index (χ4v) is 2.60. The van der Waals surface area contributed by atoms with Gasteiger partial charge < -0.3 is 10.2 Å². The standard InChI is InChI=1S/C9H8F4OS.C7H7FOS/c1-5-2-6(10)7(14)3-8(5)15-4-9(11,12)13;1-4-2-5(8)6(9)3-7(4)10/h2-3,14H,4H2,1H3;2-3,9-10H,1H3. The normalized spacial score (nSPS) is 11.0. The molecule has 0 saturated heterocycles. The molecule has 2 rings (SSSR count). The summed E-state index contributed by atoms with van der Waals surface area (Å²) in [6.07, 6.45) is -4.28. The van der Waals surface area contributed by atoms with Crippen molar-refractivity contribution >= 4 is 24.4 Å². The highest BCUT2D eigenvalue weighted by Gasteiger charge is 2.27. The summed E-state index contributed by atoms with van der Waals surface area (Å²) >= 11 is 4.51. The molecule has 0 amide bonds. The molecule has 0 aromatic heterocycles. The number of aromatic hydroxyl groups is 2. The Labute approximate surface area is 151 Å². The zero-order valence-corrected chi connectivity index (χ0v) is 14.9. The Bertz CT molecular complexity index is 698. The number of thioether (sulfide) groups is 1. The smallest absolute Gasteiger partial charge is 0.398 e. The number of hydrogen-bond donors (Lipinski definition) is 3. The maximum Gasteiger partial charge on any atom is 0.398 e. The number of phenols is 2. The minimum absolute atomic E-state index is 0.228. The Morgan fingerprint density at radius 1 is 0.920 bits per heavy atom. The Hall–Kier alpha value is -1.61. The molecule has 2 nitrogen and oxygen atoms in total. The van der Waals surface area contributed by atoms with Crippen LogP contribution in [-0.4, -0.2) is 22.1 Å². The molecule has 2 aromatic rings. The zero-order valence-electron chi connectivity index (χ0n) is 13.2. The van der Waals surface area contributed by atoms with Gasteiger partial charge in [-0.05, 0) is 49.2 Å². The second-order valence-electron chi connectivity index (χ2n) is 5.06. The first-order valence-corrected chi connectivity index (χ1v) is 8.20. The molecule has 0 spiro atoms. The second-order valence-corrected chi connectivity index (χ2v) is 6.56. The molecule has 25 heavy (non-hydrogen) atoms. The summed E-state index contributed by atoms with van der Waals surface area (Å²) in [4.78, 5) is 0.824. The van der Waals surface area contributed by atoms with Gasteiger partial charge in [-0.1, -0.05) is 0 Å². The minimum atomic E-state index is -4.28. The fourth-order valence-electron chi connectivity index (χ4n) is 1.61. The van der Waals surface area contributed by atoms with E-state index < -0.39 is 29.3 Å². The van der Waals surface area contributed by atoms with Crippen LogP contribution in [0, 0.1) is 25.5 Å². The van der Waals surface area contributed by atoms with Crippen LogP contribution in [0.3, 0.4) is 0 Å². The van der Waals surface area contributed by atoms with Crippen molar-refractivity contribution in [1.29, 1.82) is 0 Å². The quantitative estimate of drug-likeness (QED) is 0.349. The van der Waals surface area contributed by atoms with E-state index in [1.165, 1.54) is 19.1 Å². The Balaban J connectivity index is 0.000000271. The van der Waals surface area contributed by atoms with Crippen molar-refractivity contribution in [1.82, 2.24) is 0 Å². The summed E-state index contributed by atoms with van der Waals surface area (Å²) in [7, 11) is 0. The average molecular weight is 398 g/mol. The van der Waals surface area contributed by atoms with Gasteiger partial charge in [-0.3, -0.25) is 0 Å². The van der Waals surface area contributed by atoms with E-state index in [1.54, 1.807) is 6.92 Å². The maximum absolute atomic E-state index is 12.8. The van der Waals surface area contributed by atoms with E-state index in [2.05, 4.69) is 12.6 Å². The number of hydrogen-bond acceptors (Lipinski definition) is 4. The molecule has 138 valence electrons. The van der Waals surface area contributed by atoms with Gasteiger partial charge in [-0.15, -0.1) is 24.4 Å². The molecule has 0 aliphatic carbocycles. The Kier molecular flexibility index (Phi) is 7.43. The fraction of sp³-hybridized carbons (Fsp3) is 0.250. The Morgan fingerprint density at radius 2 is 1.40 bits per heavy atom. The lowest BCUT2D eigenvalue weighted by atomic mass is 10.2. The molecule has 0 fully saturated rings. The topological polar surface area (TPSA) is 40.5 Å². The van der Waals surface area contributed by atoms with Crippen LogP contribution >= 0.6 is 24.4 Å². The third-order valence-corrected chi connectivity index (χ3v) is 4.61. The van der Waals surface area contributed by atoms with E-state index >= 15 is 0 Å². The highest BCUT2D eigenvalue weighted by atomic mass is 32.2. The van der Waals surface area contributed by atoms with Crippen LogP contribution in [0.25, 0.3) is 0 Å². The number of rotatable bonds is 2. The summed E-state index contributed by atoms with van der Waals surface area (Å²) < 4.78 is 60.9. The molecule has 2 aromatic carbocycles. The predicted molar refractivity (Wildman–Crippen MR) is 89.6 cm³/mol. The molecule has 9 heteroatoms. The number of halogens is 5. The van der Waals surface area contributed by atoms with Gasteiger partial charge in [0.1, 0.15) is 0 Å². The van der Waals surface area contributed by atoms with Crippen LogP contribution < -0.4 is 0 Å². The van der Waals surface area contributed by atoms with Crippen molar-refractivity contribution in [3.8, 4) is 11.5 Å². The van der Waals surface area contributed by atoms with Crippen molar-refractivity contribution in [3.63, 3.8) is 0 Å². The molecule has 0 atom stereocenters. The monoisotopic (exact) mass is 398 g/mol. The first-order chi connectivity index (χ1) is 11.4. The summed E-state index contributed by atoms with van der Waals surface area (Å²) in [6, 6.07) is 4.54. The molecular weight excluding hydrogens is 383 g/mol. The number of thiol groups is 1. The van der Waals surface area contributed by atoms with Crippen molar-refractivity contribution < 1.29 is 32.2 Å². The lowest BCUT2D eigenvalue weighted by molar-refractivity contribution is -0.105. The summed E-state index contributed by atoms with van der Waals surface area (Å²) in [5, 5.41) is 17.8. The molecule has 0 heterocycles. The van der Waals surface area contributed by atoms with Crippen molar-refractivity contribution in [2.45, 2.75) is 29.8 Å². The van der Waals surface area contributed by atoms with Crippen LogP contribution in [0.1, 0.15) is 11.1 Å². The van der Waals surface area contributed by atoms with Gasteiger partial charge in [0.2, 0.25) is 0 Å². The minimum Gasteiger partial charge on any atom is -0.505 e. The lowest BCUT2D eigenvalue weighted by Gasteiger charge is -2.09. The summed E-state index contributed by atoms with van der Waals surface area (Å²) in [6.45, 7) is 3.21. The van der Waals surface area contributed by atoms with Crippen LogP contribution in [0.4, 0.5) is 22.0 Å². The van der Waals surface area contributed by atoms with E-state index in [0.29, 0.717) is 22.2 Å². The lowest BCUT2D eigenvalue weighted by Crippen LogP contribution is -2.10. The molecule has 0 aliphatic rings. The third kappa shape index (κ3) is 7.03. The van der Waals surface area contributed by atoms with E-state index in [-0.39, 0.29) is 10.6 Å². The van der Waals surface area contributed by atoms with Crippen molar-refractivity contribution in [3.05, 3.63) is 47.0 Å². The molecule has 0 aliphatic heterocycles. The van der Waals surface area contributed by atoms with Crippen molar-refractivity contribution in [2.24, 2.45) is 0 Å². The van der Waals surface area contributed by atoms with E-state index in [4.69, 9.17) is 10.2 Å². The highest BCUT2D eigenvalue weighted by Crippen LogP contribution is 2.32. The van der Waals surface area contributed by atoms with Gasteiger partial charge in [0.05, 0.1) is 5.75 Å². The number of phenolic OH excluding ortho intramolecular Hbond substituents is 2. The largest absolute Gasteiger partial charge is 0.505 e. The van der Waals surface area contributed by atoms with Crippen LogP contribution in [0.5, 0.6) is 11.5 Å². The number of aryl methyl sites for hydroxylation is 2. The van der Waals surface area contributed by atoms with Crippen LogP contribution in [0.15, 0.2) is 34.1 Å². The first kappa shape index (κ1) is 21.4. The van der Waals surface area contributed by atoms with E-state index in [1.807, 2.05) is 0 Å². The third-order valence-electron chi connectivity index (χ3n) is 2.90. The number of benzene rings is 2. The van der Waals surface area contributed by atoms with Gasteiger partial charge in [0.15, 0.2) is 23.1 Å². The first-order valence-electron chi connectivity index (χ1n) is 6.77. The van der Waals surface area contributed by atoms with E-state index in [9.17, 15) is 22.0 Å². The maximum atomic E-state index is 12.8. The van der Waals surface area contributed by atoms with Gasteiger partial charge >= 0.3 is 6.18 Å². The molecule has 0 saturated carbocycles. The van der Waals surface area contributed by atoms with Gasteiger partial charge in [0, 0.05) is 9.79 Å². The molecule has 0 unspecified atom stereocenters. The molecule has 2 N–H and O–H groups in total. The van der Waals surface area contributed by atoms with Crippen LogP contribution in [-0.2, 0) is 0 Å². The average Bonchev–Trinajstić information content (AvgIpc) is 2.47. The molecule has 0 bridgehead atoms. The number of alkyl halides is 3. The predicted octanol–water partition coefficient (Wildman–Crippen LogP) is 5.62. The highest BCUT2D eigenvalue weighted by molar-refractivity contribution is 7.99. The SMILES string of the molecule is Cc1cc(F)c(O)cc1S.Cc1cc(F)c(O)cc1SCC(F)(F)F. The van der Waals surface area contributed by atoms with E-state index in [0.717, 1.165) is 17.7 Å². The van der Waals surface area contributed by atoms with Crippen LogP contribution in [0.2, 0.25) is 0 Å². The van der Waals surface area contributed by atoms with Gasteiger partial charge in [0.25, 0.3) is 0 Å². The zero-order chi connectivity index (χ0) is 19.4. The van der Waals surface area contributed by atoms with Gasteiger partial charge in [-0.25, -0.2) is 8.78 Å². The summed E-state index contributed by atoms with van der Waals surface area (Å²) in [5.74, 6) is -3.47. The molecule has 0 radical (unpaired) electrons. The van der Waals surface area contributed by atoms with Crippen molar-refractivity contribution in [2.75, 3.05) is 5.75 Å². The summed E-state index contributed by atoms with van der Waals surface area (Å²) in [5.41, 5.74) is 1.10. The van der Waals surface area contributed by atoms with Gasteiger partial charge in [-0.2, -0.15) is 13.2 Å².